The fraction of sp³-hybridized carbons (Fsp3) is 0.323. The minimum Gasteiger partial charge on any atom is -0.508 e. The van der Waals surface area contributed by atoms with Gasteiger partial charge in [-0.15, -0.1) is 0 Å². The molecule has 200 valence electrons. The van der Waals surface area contributed by atoms with Gasteiger partial charge in [-0.3, -0.25) is 9.69 Å². The number of phenols is 2. The van der Waals surface area contributed by atoms with Crippen molar-refractivity contribution in [3.8, 4) is 34.1 Å². The average molecular weight is 518 g/mol. The lowest BCUT2D eigenvalue weighted by atomic mass is 10.0. The summed E-state index contributed by atoms with van der Waals surface area (Å²) in [7, 11) is 1.71. The Balaban J connectivity index is 1.25. The van der Waals surface area contributed by atoms with Gasteiger partial charge in [0.2, 0.25) is 5.43 Å². The summed E-state index contributed by atoms with van der Waals surface area (Å²) in [5.74, 6) is 1.32. The summed E-state index contributed by atoms with van der Waals surface area (Å²) in [6.45, 7) is 5.58. The highest BCUT2D eigenvalue weighted by Gasteiger charge is 2.15. The second-order valence-corrected chi connectivity index (χ2v) is 9.28. The molecule has 4 rings (SSSR count). The third-order valence-corrected chi connectivity index (χ3v) is 6.68. The van der Waals surface area contributed by atoms with Crippen LogP contribution < -0.4 is 14.9 Å². The van der Waals surface area contributed by atoms with Crippen LogP contribution in [-0.4, -0.2) is 41.9 Å². The van der Waals surface area contributed by atoms with E-state index in [1.165, 1.54) is 30.0 Å². The molecular weight excluding hydrogens is 482 g/mol. The van der Waals surface area contributed by atoms with E-state index in [0.29, 0.717) is 23.5 Å². The second-order valence-electron chi connectivity index (χ2n) is 9.28. The maximum Gasteiger partial charge on any atom is 0.204 e. The SMILES string of the molecule is CCN(CCCCCCOc1cc(O)c2c(=O)c(-c3ccc(O)cc3)coc2c1)Cc1ccccc1OC. The number of aromatic hydroxyl groups is 2. The van der Waals surface area contributed by atoms with E-state index in [0.717, 1.165) is 51.1 Å². The first kappa shape index (κ1) is 27.1. The molecule has 0 saturated heterocycles. The van der Waals surface area contributed by atoms with Crippen molar-refractivity contribution in [2.45, 2.75) is 39.2 Å². The predicted octanol–water partition coefficient (Wildman–Crippen LogP) is 6.34. The number of ether oxygens (including phenoxy) is 2. The number of unbranched alkanes of at least 4 members (excludes halogenated alkanes) is 3. The molecule has 1 aromatic heterocycles. The number of methoxy groups -OCH3 is 1. The molecule has 7 nitrogen and oxygen atoms in total. The molecule has 1 heterocycles. The molecule has 0 saturated carbocycles. The zero-order valence-electron chi connectivity index (χ0n) is 22.0. The molecule has 0 aliphatic rings. The molecule has 0 amide bonds. The molecule has 0 aliphatic heterocycles. The summed E-state index contributed by atoms with van der Waals surface area (Å²) < 4.78 is 17.0. The van der Waals surface area contributed by atoms with Crippen LogP contribution >= 0.6 is 0 Å². The van der Waals surface area contributed by atoms with Gasteiger partial charge in [0.25, 0.3) is 0 Å². The van der Waals surface area contributed by atoms with Gasteiger partial charge >= 0.3 is 0 Å². The number of rotatable bonds is 13. The van der Waals surface area contributed by atoms with Gasteiger partial charge in [0, 0.05) is 24.2 Å². The van der Waals surface area contributed by atoms with Gasteiger partial charge in [-0.05, 0) is 49.7 Å². The average Bonchev–Trinajstić information content (AvgIpc) is 2.92. The van der Waals surface area contributed by atoms with Gasteiger partial charge in [0.05, 0.1) is 19.3 Å². The van der Waals surface area contributed by atoms with Gasteiger partial charge in [0.1, 0.15) is 40.2 Å². The minimum atomic E-state index is -0.340. The monoisotopic (exact) mass is 517 g/mol. The summed E-state index contributed by atoms with van der Waals surface area (Å²) in [6.07, 6.45) is 5.50. The number of fused-ring (bicyclic) bond motifs is 1. The Morgan fingerprint density at radius 1 is 0.947 bits per heavy atom. The quantitative estimate of drug-likeness (QED) is 0.200. The Kier molecular flexibility index (Phi) is 9.27. The minimum absolute atomic E-state index is 0.107. The van der Waals surface area contributed by atoms with Crippen LogP contribution in [0.4, 0.5) is 0 Å². The van der Waals surface area contributed by atoms with Crippen molar-refractivity contribution < 1.29 is 24.1 Å². The first-order chi connectivity index (χ1) is 18.5. The van der Waals surface area contributed by atoms with Gasteiger partial charge < -0.3 is 24.1 Å². The lowest BCUT2D eigenvalue weighted by Gasteiger charge is -2.21. The summed E-state index contributed by atoms with van der Waals surface area (Å²) in [5, 5.41) is 20.1. The number of hydrogen-bond acceptors (Lipinski definition) is 7. The number of para-hydroxylation sites is 1. The van der Waals surface area contributed by atoms with Crippen LogP contribution in [0.1, 0.15) is 38.2 Å². The molecule has 7 heteroatoms. The number of benzene rings is 3. The van der Waals surface area contributed by atoms with Gasteiger partial charge in [-0.2, -0.15) is 0 Å². The highest BCUT2D eigenvalue weighted by Crippen LogP contribution is 2.31. The van der Waals surface area contributed by atoms with E-state index in [1.54, 1.807) is 25.3 Å². The topological polar surface area (TPSA) is 92.4 Å². The van der Waals surface area contributed by atoms with Crippen molar-refractivity contribution >= 4 is 11.0 Å². The van der Waals surface area contributed by atoms with E-state index in [1.807, 2.05) is 18.2 Å². The van der Waals surface area contributed by atoms with E-state index in [4.69, 9.17) is 13.9 Å². The normalized spacial score (nSPS) is 11.2. The first-order valence-electron chi connectivity index (χ1n) is 13.0. The summed E-state index contributed by atoms with van der Waals surface area (Å²) in [6, 6.07) is 17.5. The van der Waals surface area contributed by atoms with Crippen molar-refractivity contribution in [3.05, 3.63) is 82.7 Å². The third-order valence-electron chi connectivity index (χ3n) is 6.68. The molecular formula is C31H35NO6. The molecule has 0 atom stereocenters. The van der Waals surface area contributed by atoms with Crippen molar-refractivity contribution in [1.82, 2.24) is 4.90 Å². The maximum absolute atomic E-state index is 13.0. The standard InChI is InChI=1S/C31H35NO6/c1-3-32(20-23-10-6-7-11-28(23)36-2)16-8-4-5-9-17-37-25-18-27(34)30-29(19-25)38-21-26(31(30)35)22-12-14-24(33)15-13-22/h6-7,10-15,18-19,21,33-34H,3-5,8-9,16-17,20H2,1-2H3. The van der Waals surface area contributed by atoms with Gasteiger partial charge in [0.15, 0.2) is 0 Å². The smallest absolute Gasteiger partial charge is 0.204 e. The molecule has 3 aromatic carbocycles. The first-order valence-corrected chi connectivity index (χ1v) is 13.0. The Bertz CT molecular complexity index is 1400. The molecule has 0 unspecified atom stereocenters. The van der Waals surface area contributed by atoms with Crippen molar-refractivity contribution in [3.63, 3.8) is 0 Å². The van der Waals surface area contributed by atoms with E-state index in [9.17, 15) is 15.0 Å². The molecule has 2 N–H and O–H groups in total. The van der Waals surface area contributed by atoms with Gasteiger partial charge in [-0.1, -0.05) is 50.1 Å². The van der Waals surface area contributed by atoms with Crippen molar-refractivity contribution in [1.29, 1.82) is 0 Å². The van der Waals surface area contributed by atoms with E-state index < -0.39 is 0 Å². The largest absolute Gasteiger partial charge is 0.508 e. The van der Waals surface area contributed by atoms with Crippen LogP contribution in [0.3, 0.4) is 0 Å². The van der Waals surface area contributed by atoms with Crippen LogP contribution in [0.5, 0.6) is 23.0 Å². The number of nitrogens with zero attached hydrogens (tertiary/aromatic N) is 1. The Labute approximate surface area is 222 Å². The summed E-state index contributed by atoms with van der Waals surface area (Å²) >= 11 is 0. The lowest BCUT2D eigenvalue weighted by Crippen LogP contribution is -2.24. The lowest BCUT2D eigenvalue weighted by molar-refractivity contribution is 0.263. The fourth-order valence-electron chi connectivity index (χ4n) is 4.54. The zero-order chi connectivity index (χ0) is 26.9. The predicted molar refractivity (Wildman–Crippen MR) is 149 cm³/mol. The molecule has 38 heavy (non-hydrogen) atoms. The van der Waals surface area contributed by atoms with Crippen LogP contribution in [0.15, 0.2) is 76.1 Å². The Morgan fingerprint density at radius 2 is 1.71 bits per heavy atom. The Morgan fingerprint density at radius 3 is 2.47 bits per heavy atom. The molecule has 4 aromatic rings. The van der Waals surface area contributed by atoms with E-state index in [2.05, 4.69) is 17.9 Å². The van der Waals surface area contributed by atoms with E-state index >= 15 is 0 Å². The van der Waals surface area contributed by atoms with Crippen LogP contribution in [0.25, 0.3) is 22.1 Å². The molecule has 0 radical (unpaired) electrons. The summed E-state index contributed by atoms with van der Waals surface area (Å²) in [5.41, 5.74) is 2.04. The highest BCUT2D eigenvalue weighted by atomic mass is 16.5. The zero-order valence-corrected chi connectivity index (χ0v) is 22.0. The van der Waals surface area contributed by atoms with Gasteiger partial charge in [-0.25, -0.2) is 0 Å². The Hall–Kier alpha value is -3.97. The van der Waals surface area contributed by atoms with Crippen LogP contribution in [0, 0.1) is 0 Å². The third kappa shape index (κ3) is 6.66. The highest BCUT2D eigenvalue weighted by molar-refractivity contribution is 5.88. The fourth-order valence-corrected chi connectivity index (χ4v) is 4.54. The van der Waals surface area contributed by atoms with E-state index in [-0.39, 0.29) is 27.9 Å². The molecule has 0 aliphatic carbocycles. The summed E-state index contributed by atoms with van der Waals surface area (Å²) in [4.78, 5) is 15.4. The molecule has 0 spiro atoms. The number of hydrogen-bond donors (Lipinski definition) is 2. The van der Waals surface area contributed by atoms with Crippen LogP contribution in [-0.2, 0) is 6.54 Å². The van der Waals surface area contributed by atoms with Crippen LogP contribution in [0.2, 0.25) is 0 Å². The van der Waals surface area contributed by atoms with Crippen molar-refractivity contribution in [2.24, 2.45) is 0 Å². The van der Waals surface area contributed by atoms with Crippen molar-refractivity contribution in [2.75, 3.05) is 26.8 Å². The second kappa shape index (κ2) is 13.0. The molecule has 0 fully saturated rings. The molecule has 0 bridgehead atoms. The number of phenolic OH excluding ortho intramolecular Hbond substituents is 2. The maximum atomic E-state index is 13.0.